The highest BCUT2D eigenvalue weighted by Gasteiger charge is 2.09. The van der Waals surface area contributed by atoms with Crippen LogP contribution in [0.3, 0.4) is 0 Å². The molecule has 0 saturated carbocycles. The van der Waals surface area contributed by atoms with Gasteiger partial charge < -0.3 is 20.9 Å². The first-order chi connectivity index (χ1) is 9.13. The molecule has 0 aliphatic carbocycles. The largest absolute Gasteiger partial charge is 0.399 e. The van der Waals surface area contributed by atoms with E-state index >= 15 is 0 Å². The number of aliphatic hydroxyl groups excluding tert-OH is 1. The first kappa shape index (κ1) is 15.5. The van der Waals surface area contributed by atoms with E-state index in [9.17, 15) is 9.90 Å². The number of carbonyl (C=O) groups excluding carboxylic acids is 1. The third-order valence-electron chi connectivity index (χ3n) is 2.71. The summed E-state index contributed by atoms with van der Waals surface area (Å²) in [7, 11) is 0. The Labute approximate surface area is 113 Å². The fraction of sp³-hybridized carbons (Fsp3) is 0.500. The van der Waals surface area contributed by atoms with Crippen molar-refractivity contribution in [3.63, 3.8) is 0 Å². The van der Waals surface area contributed by atoms with Crippen LogP contribution >= 0.6 is 0 Å². The van der Waals surface area contributed by atoms with Crippen molar-refractivity contribution in [3.05, 3.63) is 29.8 Å². The molecular weight excluding hydrogens is 244 g/mol. The summed E-state index contributed by atoms with van der Waals surface area (Å²) in [5, 5.41) is 12.6. The summed E-state index contributed by atoms with van der Waals surface area (Å²) in [6.07, 6.45) is 0.392. The molecule has 1 rings (SSSR count). The van der Waals surface area contributed by atoms with Crippen molar-refractivity contribution in [2.75, 3.05) is 25.5 Å². The molecule has 5 heteroatoms. The topological polar surface area (TPSA) is 84.6 Å². The Kier molecular flexibility index (Phi) is 6.92. The van der Waals surface area contributed by atoms with Crippen LogP contribution in [-0.4, -0.2) is 30.8 Å². The third kappa shape index (κ3) is 6.22. The molecule has 0 heterocycles. The van der Waals surface area contributed by atoms with Crippen LogP contribution in [-0.2, 0) is 9.53 Å². The van der Waals surface area contributed by atoms with Crippen LogP contribution in [0.1, 0.15) is 31.4 Å². The molecule has 0 bridgehead atoms. The van der Waals surface area contributed by atoms with Crippen molar-refractivity contribution in [2.24, 2.45) is 0 Å². The van der Waals surface area contributed by atoms with Gasteiger partial charge in [0, 0.05) is 31.9 Å². The molecule has 0 fully saturated rings. The molecule has 1 atom stereocenters. The molecule has 19 heavy (non-hydrogen) atoms. The van der Waals surface area contributed by atoms with Gasteiger partial charge in [-0.15, -0.1) is 0 Å². The highest BCUT2D eigenvalue weighted by molar-refractivity contribution is 5.75. The van der Waals surface area contributed by atoms with Crippen molar-refractivity contribution in [1.82, 2.24) is 5.32 Å². The van der Waals surface area contributed by atoms with E-state index in [-0.39, 0.29) is 12.5 Å². The Morgan fingerprint density at radius 3 is 2.74 bits per heavy atom. The number of aliphatic hydroxyl groups is 1. The Morgan fingerprint density at radius 2 is 2.11 bits per heavy atom. The first-order valence-electron chi connectivity index (χ1n) is 6.51. The molecule has 0 aliphatic rings. The summed E-state index contributed by atoms with van der Waals surface area (Å²) in [6.45, 7) is 3.38. The maximum absolute atomic E-state index is 11.5. The lowest BCUT2D eigenvalue weighted by molar-refractivity contribution is -0.121. The number of benzene rings is 1. The van der Waals surface area contributed by atoms with Crippen molar-refractivity contribution < 1.29 is 14.6 Å². The highest BCUT2D eigenvalue weighted by Crippen LogP contribution is 2.13. The van der Waals surface area contributed by atoms with E-state index in [4.69, 9.17) is 10.5 Å². The van der Waals surface area contributed by atoms with Crippen LogP contribution in [0.5, 0.6) is 0 Å². The van der Waals surface area contributed by atoms with E-state index in [1.165, 1.54) is 0 Å². The zero-order chi connectivity index (χ0) is 14.1. The summed E-state index contributed by atoms with van der Waals surface area (Å²) in [5.74, 6) is -0.0748. The van der Waals surface area contributed by atoms with Crippen LogP contribution in [0.15, 0.2) is 24.3 Å². The molecule has 106 valence electrons. The van der Waals surface area contributed by atoms with Gasteiger partial charge in [-0.05, 0) is 31.0 Å². The normalized spacial score (nSPS) is 12.1. The van der Waals surface area contributed by atoms with Crippen LogP contribution in [0.2, 0.25) is 0 Å². The Morgan fingerprint density at radius 1 is 1.42 bits per heavy atom. The van der Waals surface area contributed by atoms with E-state index in [1.54, 1.807) is 24.3 Å². The zero-order valence-electron chi connectivity index (χ0n) is 11.3. The summed E-state index contributed by atoms with van der Waals surface area (Å²) in [6, 6.07) is 6.95. The number of anilines is 1. The van der Waals surface area contributed by atoms with Crippen LogP contribution < -0.4 is 11.1 Å². The zero-order valence-corrected chi connectivity index (χ0v) is 11.3. The second-order valence-electron chi connectivity index (χ2n) is 4.29. The minimum atomic E-state index is -0.712. The molecule has 0 aromatic heterocycles. The summed E-state index contributed by atoms with van der Waals surface area (Å²) >= 11 is 0. The molecule has 0 spiro atoms. The quantitative estimate of drug-likeness (QED) is 0.488. The minimum absolute atomic E-state index is 0.0748. The molecule has 5 nitrogen and oxygen atoms in total. The average molecular weight is 266 g/mol. The van der Waals surface area contributed by atoms with Gasteiger partial charge in [-0.3, -0.25) is 4.79 Å². The number of hydrogen-bond donors (Lipinski definition) is 3. The van der Waals surface area contributed by atoms with E-state index in [0.29, 0.717) is 31.7 Å². The lowest BCUT2D eigenvalue weighted by Gasteiger charge is -2.12. The maximum Gasteiger partial charge on any atom is 0.220 e. The summed E-state index contributed by atoms with van der Waals surface area (Å²) in [5.41, 5.74) is 6.95. The number of amides is 1. The SMILES string of the molecule is CCOCCCC(=O)NCC(O)c1ccc(N)cc1. The Hall–Kier alpha value is -1.59. The van der Waals surface area contributed by atoms with Gasteiger partial charge in [0.25, 0.3) is 0 Å². The fourth-order valence-electron chi connectivity index (χ4n) is 1.61. The smallest absolute Gasteiger partial charge is 0.220 e. The Balaban J connectivity index is 2.24. The van der Waals surface area contributed by atoms with E-state index < -0.39 is 6.10 Å². The van der Waals surface area contributed by atoms with E-state index in [0.717, 1.165) is 5.56 Å². The lowest BCUT2D eigenvalue weighted by Crippen LogP contribution is -2.28. The van der Waals surface area contributed by atoms with Gasteiger partial charge in [0.1, 0.15) is 0 Å². The lowest BCUT2D eigenvalue weighted by atomic mass is 10.1. The van der Waals surface area contributed by atoms with Crippen LogP contribution in [0, 0.1) is 0 Å². The molecule has 1 aromatic carbocycles. The molecular formula is C14H22N2O3. The average Bonchev–Trinajstić information content (AvgIpc) is 2.42. The van der Waals surface area contributed by atoms with Gasteiger partial charge in [0.15, 0.2) is 0 Å². The molecule has 0 aliphatic heterocycles. The predicted molar refractivity (Wildman–Crippen MR) is 74.6 cm³/mol. The number of hydrogen-bond acceptors (Lipinski definition) is 4. The van der Waals surface area contributed by atoms with E-state index in [1.807, 2.05) is 6.92 Å². The fourth-order valence-corrected chi connectivity index (χ4v) is 1.61. The van der Waals surface area contributed by atoms with Gasteiger partial charge in [0.05, 0.1) is 6.10 Å². The number of nitrogen functional groups attached to an aromatic ring is 1. The Bertz CT molecular complexity index is 379. The molecule has 1 unspecified atom stereocenters. The number of carbonyl (C=O) groups is 1. The minimum Gasteiger partial charge on any atom is -0.399 e. The van der Waals surface area contributed by atoms with Gasteiger partial charge in [-0.2, -0.15) is 0 Å². The number of nitrogens with one attached hydrogen (secondary N) is 1. The van der Waals surface area contributed by atoms with Gasteiger partial charge >= 0.3 is 0 Å². The van der Waals surface area contributed by atoms with Crippen LogP contribution in [0.25, 0.3) is 0 Å². The molecule has 0 saturated heterocycles. The third-order valence-corrected chi connectivity index (χ3v) is 2.71. The second kappa shape index (κ2) is 8.50. The van der Waals surface area contributed by atoms with Crippen molar-refractivity contribution >= 4 is 11.6 Å². The summed E-state index contributed by atoms with van der Waals surface area (Å²) in [4.78, 5) is 11.5. The molecule has 0 radical (unpaired) electrons. The molecule has 1 amide bonds. The maximum atomic E-state index is 11.5. The highest BCUT2D eigenvalue weighted by atomic mass is 16.5. The number of rotatable bonds is 8. The predicted octanol–water partition coefficient (Wildman–Crippen LogP) is 1.24. The number of nitrogens with two attached hydrogens (primary N) is 1. The van der Waals surface area contributed by atoms with Gasteiger partial charge in [-0.25, -0.2) is 0 Å². The molecule has 1 aromatic rings. The first-order valence-corrected chi connectivity index (χ1v) is 6.51. The standard InChI is InChI=1S/C14H22N2O3/c1-2-19-9-3-4-14(18)16-10-13(17)11-5-7-12(15)8-6-11/h5-8,13,17H,2-4,9-10,15H2,1H3,(H,16,18). The van der Waals surface area contributed by atoms with Crippen molar-refractivity contribution in [3.8, 4) is 0 Å². The molecule has 4 N–H and O–H groups in total. The summed E-state index contributed by atoms with van der Waals surface area (Å²) < 4.78 is 5.15. The van der Waals surface area contributed by atoms with Crippen molar-refractivity contribution in [1.29, 1.82) is 0 Å². The van der Waals surface area contributed by atoms with Crippen molar-refractivity contribution in [2.45, 2.75) is 25.9 Å². The van der Waals surface area contributed by atoms with Gasteiger partial charge in [0.2, 0.25) is 5.91 Å². The number of ether oxygens (including phenoxy) is 1. The van der Waals surface area contributed by atoms with E-state index in [2.05, 4.69) is 5.32 Å². The van der Waals surface area contributed by atoms with Gasteiger partial charge in [-0.1, -0.05) is 12.1 Å². The monoisotopic (exact) mass is 266 g/mol. The van der Waals surface area contributed by atoms with Crippen LogP contribution in [0.4, 0.5) is 5.69 Å². The second-order valence-corrected chi connectivity index (χ2v) is 4.29.